The van der Waals surface area contributed by atoms with Gasteiger partial charge in [0, 0.05) is 35.1 Å². The summed E-state index contributed by atoms with van der Waals surface area (Å²) in [6, 6.07) is 3.43. The summed E-state index contributed by atoms with van der Waals surface area (Å²) in [6.45, 7) is 0.0293. The summed E-state index contributed by atoms with van der Waals surface area (Å²) in [5.41, 5.74) is -2.45. The van der Waals surface area contributed by atoms with Crippen LogP contribution in [0.4, 0.5) is 8.78 Å². The van der Waals surface area contributed by atoms with Crippen molar-refractivity contribution in [2.45, 2.75) is 37.3 Å². The molecule has 2 N–H and O–H groups in total. The molecule has 0 bridgehead atoms. The molecule has 37 heavy (non-hydrogen) atoms. The smallest absolute Gasteiger partial charge is 0.348 e. The van der Waals surface area contributed by atoms with E-state index in [0.717, 1.165) is 0 Å². The molecular weight excluding hydrogens is 498 g/mol. The lowest BCUT2D eigenvalue weighted by Crippen LogP contribution is -2.53. The summed E-state index contributed by atoms with van der Waals surface area (Å²) in [6.07, 6.45) is 0.265. The second kappa shape index (κ2) is 9.70. The summed E-state index contributed by atoms with van der Waals surface area (Å²) < 4.78 is 30.3. The molecule has 2 aliphatic heterocycles. The van der Waals surface area contributed by atoms with Crippen LogP contribution in [-0.4, -0.2) is 73.8 Å². The predicted octanol–water partition coefficient (Wildman–Crippen LogP) is -2.65. The van der Waals surface area contributed by atoms with Crippen molar-refractivity contribution in [1.29, 1.82) is 0 Å². The number of hydrogen-bond acceptors (Lipinski definition) is 4. The highest BCUT2D eigenvalue weighted by Gasteiger charge is 2.44. The first kappa shape index (κ1) is 27.0. The van der Waals surface area contributed by atoms with E-state index >= 15 is 8.78 Å². The lowest BCUT2D eigenvalue weighted by Gasteiger charge is -2.29. The van der Waals surface area contributed by atoms with Gasteiger partial charge in [0.15, 0.2) is 0 Å². The number of nitrogens with one attached hydrogen (secondary N) is 2. The molecule has 4 rings (SSSR count). The monoisotopic (exact) mass is 511 g/mol. The lowest BCUT2D eigenvalue weighted by molar-refractivity contribution is -0.147. The Morgan fingerprint density at radius 1 is 1.11 bits per heavy atom. The summed E-state index contributed by atoms with van der Waals surface area (Å²) >= 11 is 5.85. The number of nitrogens with zero attached hydrogens (tertiary/aromatic N) is 1. The molecule has 2 aromatic rings. The second-order valence-corrected chi connectivity index (χ2v) is 9.06. The second-order valence-electron chi connectivity index (χ2n) is 8.69. The Balaban J connectivity index is 1.54. The summed E-state index contributed by atoms with van der Waals surface area (Å²) in [5, 5.41) is 3.88. The van der Waals surface area contributed by atoms with Crippen LogP contribution in [0, 0.1) is 0 Å². The number of alkyl halides is 2. The molecule has 2 aliphatic rings. The van der Waals surface area contributed by atoms with E-state index in [1.165, 1.54) is 23.1 Å². The molecule has 0 aromatic heterocycles. The first-order valence-corrected chi connectivity index (χ1v) is 11.3. The van der Waals surface area contributed by atoms with Crippen molar-refractivity contribution in [2.24, 2.45) is 0 Å². The molecule has 2 atom stereocenters. The fraction of sp³-hybridized carbons (Fsp3) is 0.273. The van der Waals surface area contributed by atoms with Crippen LogP contribution < -0.4 is 32.5 Å². The van der Waals surface area contributed by atoms with Gasteiger partial charge in [-0.25, -0.2) is 0 Å². The molecule has 7 nitrogen and oxygen atoms in total. The molecule has 2 unspecified atom stereocenters. The van der Waals surface area contributed by atoms with E-state index in [1.807, 2.05) is 5.32 Å². The van der Waals surface area contributed by atoms with Crippen LogP contribution in [0.15, 0.2) is 18.2 Å². The van der Waals surface area contributed by atoms with Crippen LogP contribution in [0.2, 0.25) is 5.02 Å². The molecule has 0 spiro atoms. The molecule has 15 heteroatoms. The Morgan fingerprint density at radius 3 is 2.32 bits per heavy atom. The van der Waals surface area contributed by atoms with Crippen molar-refractivity contribution in [2.75, 3.05) is 0 Å². The largest absolute Gasteiger partial charge is 0.352 e. The van der Waals surface area contributed by atoms with Gasteiger partial charge in [0.05, 0.1) is 0 Å². The number of carbonyl (C=O) groups excluding carboxylic acids is 4. The maximum Gasteiger partial charge on any atom is 0.348 e. The van der Waals surface area contributed by atoms with E-state index in [2.05, 4.69) is 5.32 Å². The Kier molecular flexibility index (Phi) is 7.09. The summed E-state index contributed by atoms with van der Waals surface area (Å²) in [7, 11) is 28.6. The van der Waals surface area contributed by atoms with Gasteiger partial charge >= 0.3 is 5.92 Å². The van der Waals surface area contributed by atoms with Crippen molar-refractivity contribution in [3.63, 3.8) is 0 Å². The minimum absolute atomic E-state index is 0.0293. The third-order valence-electron chi connectivity index (χ3n) is 6.38. The zero-order valence-corrected chi connectivity index (χ0v) is 19.9. The van der Waals surface area contributed by atoms with Gasteiger partial charge in [0.2, 0.25) is 11.8 Å². The van der Waals surface area contributed by atoms with E-state index in [-0.39, 0.29) is 35.5 Å². The van der Waals surface area contributed by atoms with Crippen molar-refractivity contribution in [1.82, 2.24) is 15.5 Å². The van der Waals surface area contributed by atoms with Gasteiger partial charge < -0.3 is 10.2 Å². The highest BCUT2D eigenvalue weighted by molar-refractivity contribution is 6.64. The van der Waals surface area contributed by atoms with Crippen LogP contribution in [0.5, 0.6) is 0 Å². The Labute approximate surface area is 222 Å². The van der Waals surface area contributed by atoms with Gasteiger partial charge in [-0.3, -0.25) is 24.5 Å². The van der Waals surface area contributed by atoms with E-state index in [4.69, 9.17) is 50.8 Å². The van der Waals surface area contributed by atoms with Gasteiger partial charge in [-0.05, 0) is 23.6 Å². The Morgan fingerprint density at radius 2 is 1.73 bits per heavy atom. The van der Waals surface area contributed by atoms with E-state index in [9.17, 15) is 19.2 Å². The molecule has 10 radical (unpaired) electrons. The topological polar surface area (TPSA) is 95.6 Å². The number of piperidine rings is 1. The van der Waals surface area contributed by atoms with E-state index < -0.39 is 68.9 Å². The number of halogens is 3. The molecule has 1 fully saturated rings. The highest BCUT2D eigenvalue weighted by Crippen LogP contribution is 2.30. The molecule has 2 heterocycles. The first-order chi connectivity index (χ1) is 17.2. The zero-order chi connectivity index (χ0) is 27.4. The fourth-order valence-electron chi connectivity index (χ4n) is 4.35. The minimum Gasteiger partial charge on any atom is -0.352 e. The van der Waals surface area contributed by atoms with Crippen molar-refractivity contribution < 1.29 is 28.0 Å². The summed E-state index contributed by atoms with van der Waals surface area (Å²) in [5.74, 6) is -8.96. The van der Waals surface area contributed by atoms with Gasteiger partial charge in [0.25, 0.3) is 11.8 Å². The third-order valence-corrected chi connectivity index (χ3v) is 6.79. The lowest BCUT2D eigenvalue weighted by atomic mass is 9.66. The minimum atomic E-state index is -4.28. The van der Waals surface area contributed by atoms with Crippen LogP contribution >= 0.6 is 11.6 Å². The number of amides is 4. The maximum atomic E-state index is 15.1. The first-order valence-electron chi connectivity index (χ1n) is 10.9. The molecule has 176 valence electrons. The Bertz CT molecular complexity index is 1350. The predicted molar refractivity (Wildman–Crippen MR) is 136 cm³/mol. The quantitative estimate of drug-likeness (QED) is 0.339. The fourth-order valence-corrected chi connectivity index (χ4v) is 4.55. The highest BCUT2D eigenvalue weighted by atomic mass is 35.5. The normalized spacial score (nSPS) is 18.4. The van der Waals surface area contributed by atoms with Gasteiger partial charge in [-0.15, -0.1) is 0 Å². The van der Waals surface area contributed by atoms with Crippen LogP contribution in [-0.2, 0) is 26.9 Å². The van der Waals surface area contributed by atoms with E-state index in [0.29, 0.717) is 5.56 Å². The van der Waals surface area contributed by atoms with E-state index in [1.54, 1.807) is 0 Å². The molecule has 0 saturated carbocycles. The number of benzene rings is 2. The van der Waals surface area contributed by atoms with Gasteiger partial charge in [-0.2, -0.15) is 8.78 Å². The standard InChI is InChI=1S/C22H13B5ClF2N3O4/c23-13-12(14(24)16(26)17(28)15(13)25)22(29,30)21(37)32-18(27)7-1-2-9-8(5-7)6-33(20(9)36)10-3-4-11(34)31-19(10)35/h1-2,5,10,18H,3-4,6H2,(H,32,37)(H,31,34,35). The maximum absolute atomic E-state index is 15.1. The van der Waals surface area contributed by atoms with Gasteiger partial charge in [-0.1, -0.05) is 45.6 Å². The average Bonchev–Trinajstić information content (AvgIpc) is 3.16. The van der Waals surface area contributed by atoms with Crippen LogP contribution in [0.25, 0.3) is 0 Å². The number of carbonyl (C=O) groups is 4. The summed E-state index contributed by atoms with van der Waals surface area (Å²) in [4.78, 5) is 50.3. The molecule has 2 aromatic carbocycles. The number of rotatable bonds is 5. The third kappa shape index (κ3) is 4.60. The van der Waals surface area contributed by atoms with Crippen molar-refractivity contribution >= 4 is 96.3 Å². The van der Waals surface area contributed by atoms with Crippen molar-refractivity contribution in [3.05, 3.63) is 45.5 Å². The van der Waals surface area contributed by atoms with Crippen LogP contribution in [0.1, 0.15) is 45.8 Å². The number of imide groups is 1. The zero-order valence-electron chi connectivity index (χ0n) is 19.1. The van der Waals surface area contributed by atoms with Crippen molar-refractivity contribution in [3.8, 4) is 0 Å². The van der Waals surface area contributed by atoms with Crippen LogP contribution in [0.3, 0.4) is 0 Å². The molecular formula is C22H13B5ClF2N3O4. The average molecular weight is 511 g/mol. The number of hydrogen-bond donors (Lipinski definition) is 2. The van der Waals surface area contributed by atoms with Gasteiger partial charge in [0.1, 0.15) is 45.3 Å². The molecule has 1 saturated heterocycles. The Hall–Kier alpha value is -3.01. The SMILES string of the molecule is [B]c1c([B])c(C(F)(F)C(=O)NC([B])c2ccc3c(c2)CN(C2CCC(=O)NC2=O)C3=O)c([B])c([B])c1Cl. The molecule has 4 amide bonds. The molecule has 0 aliphatic carbocycles. The number of fused-ring (bicyclic) bond motifs is 1.